The summed E-state index contributed by atoms with van der Waals surface area (Å²) in [6.45, 7) is 13.1. The maximum Gasteiger partial charge on any atom is 0.120 e. The van der Waals surface area contributed by atoms with Crippen molar-refractivity contribution in [1.82, 2.24) is 10.2 Å². The highest BCUT2D eigenvalue weighted by Gasteiger charge is 2.23. The van der Waals surface area contributed by atoms with E-state index in [1.165, 1.54) is 5.56 Å². The molecule has 2 atom stereocenters. The van der Waals surface area contributed by atoms with E-state index < -0.39 is 0 Å². The molecule has 4 nitrogen and oxygen atoms in total. The summed E-state index contributed by atoms with van der Waals surface area (Å²) in [6.07, 6.45) is 0.613. The topological polar surface area (TPSA) is 37.6 Å². The number of rotatable bonds is 5. The summed E-state index contributed by atoms with van der Waals surface area (Å²) in [6, 6.07) is 2.16. The number of ether oxygens (including phenoxy) is 1. The van der Waals surface area contributed by atoms with Crippen LogP contribution in [0, 0.1) is 6.92 Å². The number of morpholine rings is 1. The Kier molecular flexibility index (Phi) is 5.02. The molecule has 2 unspecified atom stereocenters. The van der Waals surface area contributed by atoms with Crippen LogP contribution in [-0.4, -0.2) is 36.7 Å². The van der Waals surface area contributed by atoms with E-state index in [9.17, 15) is 0 Å². The van der Waals surface area contributed by atoms with Crippen LogP contribution in [0.3, 0.4) is 0 Å². The summed E-state index contributed by atoms with van der Waals surface area (Å²) in [4.78, 5) is 2.41. The second-order valence-electron chi connectivity index (χ2n) is 5.55. The minimum absolute atomic E-state index is 0.307. The molecule has 1 saturated heterocycles. The van der Waals surface area contributed by atoms with E-state index in [-0.39, 0.29) is 0 Å². The van der Waals surface area contributed by atoms with Gasteiger partial charge in [-0.25, -0.2) is 0 Å². The average Bonchev–Trinajstić information content (AvgIpc) is 2.65. The van der Waals surface area contributed by atoms with Gasteiger partial charge in [-0.1, -0.05) is 6.92 Å². The number of hydrogen-bond acceptors (Lipinski definition) is 4. The fourth-order valence-electron chi connectivity index (χ4n) is 2.72. The van der Waals surface area contributed by atoms with Gasteiger partial charge in [-0.2, -0.15) is 0 Å². The molecule has 1 N–H and O–H groups in total. The second-order valence-corrected chi connectivity index (χ2v) is 5.55. The van der Waals surface area contributed by atoms with E-state index in [0.29, 0.717) is 12.2 Å². The molecule has 1 aliphatic heterocycles. The summed E-state index contributed by atoms with van der Waals surface area (Å²) in [5.74, 6) is 2.12. The van der Waals surface area contributed by atoms with Crippen LogP contribution >= 0.6 is 0 Å². The van der Waals surface area contributed by atoms with Crippen molar-refractivity contribution >= 4 is 0 Å². The van der Waals surface area contributed by atoms with Gasteiger partial charge in [0.25, 0.3) is 0 Å². The Morgan fingerprint density at radius 1 is 1.32 bits per heavy atom. The molecule has 0 amide bonds. The van der Waals surface area contributed by atoms with Gasteiger partial charge in [-0.05, 0) is 38.9 Å². The van der Waals surface area contributed by atoms with Crippen molar-refractivity contribution in [3.8, 4) is 0 Å². The summed E-state index contributed by atoms with van der Waals surface area (Å²) < 4.78 is 11.7. The van der Waals surface area contributed by atoms with Gasteiger partial charge in [-0.15, -0.1) is 0 Å². The van der Waals surface area contributed by atoms with E-state index in [1.807, 2.05) is 0 Å². The van der Waals surface area contributed by atoms with Crippen molar-refractivity contribution in [1.29, 1.82) is 0 Å². The molecule has 2 heterocycles. The number of nitrogens with zero attached hydrogens (tertiary/aromatic N) is 1. The fourth-order valence-corrected chi connectivity index (χ4v) is 2.72. The first kappa shape index (κ1) is 14.6. The quantitative estimate of drug-likeness (QED) is 0.887. The van der Waals surface area contributed by atoms with E-state index in [1.54, 1.807) is 0 Å². The Morgan fingerprint density at radius 3 is 2.63 bits per heavy atom. The molecular weight excluding hydrogens is 240 g/mol. The number of furan rings is 1. The van der Waals surface area contributed by atoms with Crippen LogP contribution in [0.25, 0.3) is 0 Å². The molecule has 1 aliphatic rings. The zero-order chi connectivity index (χ0) is 13.8. The Labute approximate surface area is 116 Å². The normalized spacial score (nSPS) is 24.8. The third-order valence-corrected chi connectivity index (χ3v) is 3.48. The fraction of sp³-hybridized carbons (Fsp3) is 0.733. The number of hydrogen-bond donors (Lipinski definition) is 1. The van der Waals surface area contributed by atoms with Crippen LogP contribution in [0.1, 0.15) is 37.9 Å². The summed E-state index contributed by atoms with van der Waals surface area (Å²) >= 11 is 0. The molecule has 0 radical (unpaired) electrons. The Balaban J connectivity index is 1.95. The molecule has 1 aromatic heterocycles. The molecule has 0 saturated carbocycles. The lowest BCUT2D eigenvalue weighted by Crippen LogP contribution is -2.44. The standard InChI is InChI=1S/C15H26N2O2/c1-5-16-7-15-11(2)6-14(19-15)10-17-8-12(3)18-13(4)9-17/h6,12-13,16H,5,7-10H2,1-4H3. The van der Waals surface area contributed by atoms with Crippen LogP contribution < -0.4 is 5.32 Å². The van der Waals surface area contributed by atoms with Gasteiger partial charge in [0, 0.05) is 13.1 Å². The highest BCUT2D eigenvalue weighted by molar-refractivity contribution is 5.20. The van der Waals surface area contributed by atoms with Crippen LogP contribution in [-0.2, 0) is 17.8 Å². The second kappa shape index (κ2) is 6.55. The van der Waals surface area contributed by atoms with Crippen molar-refractivity contribution in [2.24, 2.45) is 0 Å². The van der Waals surface area contributed by atoms with Crippen molar-refractivity contribution < 1.29 is 9.15 Å². The molecule has 0 aromatic carbocycles. The van der Waals surface area contributed by atoms with Crippen LogP contribution in [0.15, 0.2) is 10.5 Å². The highest BCUT2D eigenvalue weighted by Crippen LogP contribution is 2.19. The molecule has 1 aromatic rings. The predicted molar refractivity (Wildman–Crippen MR) is 76.1 cm³/mol. The predicted octanol–water partition coefficient (Wildman–Crippen LogP) is 2.31. The molecular formula is C15H26N2O2. The van der Waals surface area contributed by atoms with Gasteiger partial charge in [-0.3, -0.25) is 4.90 Å². The largest absolute Gasteiger partial charge is 0.463 e. The minimum Gasteiger partial charge on any atom is -0.463 e. The minimum atomic E-state index is 0.307. The van der Waals surface area contributed by atoms with E-state index >= 15 is 0 Å². The van der Waals surface area contributed by atoms with Crippen molar-refractivity contribution in [2.75, 3.05) is 19.6 Å². The third-order valence-electron chi connectivity index (χ3n) is 3.48. The molecule has 0 aliphatic carbocycles. The first-order valence-electron chi connectivity index (χ1n) is 7.25. The van der Waals surface area contributed by atoms with Crippen LogP contribution in [0.5, 0.6) is 0 Å². The van der Waals surface area contributed by atoms with Gasteiger partial charge >= 0.3 is 0 Å². The Bertz CT molecular complexity index is 393. The highest BCUT2D eigenvalue weighted by atomic mass is 16.5. The lowest BCUT2D eigenvalue weighted by molar-refractivity contribution is -0.0718. The molecule has 4 heteroatoms. The van der Waals surface area contributed by atoms with Crippen molar-refractivity contribution in [2.45, 2.75) is 53.0 Å². The SMILES string of the molecule is CCNCc1oc(CN2CC(C)OC(C)C2)cc1C. The van der Waals surface area contributed by atoms with E-state index in [2.05, 4.69) is 44.0 Å². The van der Waals surface area contributed by atoms with Gasteiger partial charge in [0.15, 0.2) is 0 Å². The third kappa shape index (κ3) is 4.06. The molecule has 0 bridgehead atoms. The van der Waals surface area contributed by atoms with Gasteiger partial charge < -0.3 is 14.5 Å². The smallest absolute Gasteiger partial charge is 0.120 e. The summed E-state index contributed by atoms with van der Waals surface area (Å²) in [7, 11) is 0. The van der Waals surface area contributed by atoms with Gasteiger partial charge in [0.05, 0.1) is 25.3 Å². The van der Waals surface area contributed by atoms with E-state index in [0.717, 1.165) is 44.2 Å². The number of nitrogens with one attached hydrogen (secondary N) is 1. The zero-order valence-electron chi connectivity index (χ0n) is 12.5. The van der Waals surface area contributed by atoms with Crippen LogP contribution in [0.2, 0.25) is 0 Å². The Hall–Kier alpha value is -0.840. The van der Waals surface area contributed by atoms with Gasteiger partial charge in [0.2, 0.25) is 0 Å². The van der Waals surface area contributed by atoms with Gasteiger partial charge in [0.1, 0.15) is 11.5 Å². The molecule has 0 spiro atoms. The van der Waals surface area contributed by atoms with Crippen LogP contribution in [0.4, 0.5) is 0 Å². The summed E-state index contributed by atoms with van der Waals surface area (Å²) in [5, 5.41) is 3.31. The molecule has 2 rings (SSSR count). The monoisotopic (exact) mass is 266 g/mol. The lowest BCUT2D eigenvalue weighted by Gasteiger charge is -2.34. The Morgan fingerprint density at radius 2 is 2.00 bits per heavy atom. The molecule has 1 fully saturated rings. The zero-order valence-corrected chi connectivity index (χ0v) is 12.5. The first-order chi connectivity index (χ1) is 9.08. The average molecular weight is 266 g/mol. The first-order valence-corrected chi connectivity index (χ1v) is 7.25. The van der Waals surface area contributed by atoms with Crippen molar-refractivity contribution in [3.05, 3.63) is 23.2 Å². The number of aryl methyl sites for hydroxylation is 1. The molecule has 19 heavy (non-hydrogen) atoms. The maximum atomic E-state index is 5.94. The van der Waals surface area contributed by atoms with Crippen molar-refractivity contribution in [3.63, 3.8) is 0 Å². The lowest BCUT2D eigenvalue weighted by atomic mass is 10.2. The maximum absolute atomic E-state index is 5.94. The van der Waals surface area contributed by atoms with E-state index in [4.69, 9.17) is 9.15 Å². The summed E-state index contributed by atoms with van der Waals surface area (Å²) in [5.41, 5.74) is 1.24. The molecule has 108 valence electrons.